The molecule has 4 N–H and O–H groups in total. The Labute approximate surface area is 115 Å². The standard InChI is InChI=1S/C13H15N7/c1-20(2)9-6-4-3-5-8(9)17-12-10-11(16-7-15-10)18-13(14)19-12/h3-7H,1-2H3,(H4,14,15,16,17,18,19). The predicted molar refractivity (Wildman–Crippen MR) is 80.1 cm³/mol. The zero-order valence-electron chi connectivity index (χ0n) is 11.3. The Morgan fingerprint density at radius 1 is 1.20 bits per heavy atom. The minimum atomic E-state index is 0.189. The molecule has 0 saturated heterocycles. The summed E-state index contributed by atoms with van der Waals surface area (Å²) in [6.07, 6.45) is 1.57. The number of imidazole rings is 1. The van der Waals surface area contributed by atoms with Gasteiger partial charge in [-0.15, -0.1) is 0 Å². The molecule has 0 fully saturated rings. The van der Waals surface area contributed by atoms with E-state index in [9.17, 15) is 0 Å². The van der Waals surface area contributed by atoms with Crippen LogP contribution in [0.5, 0.6) is 0 Å². The number of hydrogen-bond donors (Lipinski definition) is 3. The molecule has 102 valence electrons. The van der Waals surface area contributed by atoms with E-state index in [1.807, 2.05) is 43.3 Å². The Balaban J connectivity index is 2.08. The van der Waals surface area contributed by atoms with Crippen LogP contribution in [0, 0.1) is 0 Å². The topological polar surface area (TPSA) is 95.8 Å². The second kappa shape index (κ2) is 4.69. The summed E-state index contributed by atoms with van der Waals surface area (Å²) in [5.74, 6) is 0.800. The summed E-state index contributed by atoms with van der Waals surface area (Å²) in [4.78, 5) is 17.4. The molecule has 0 bridgehead atoms. The number of H-pyrrole nitrogens is 1. The van der Waals surface area contributed by atoms with Crippen molar-refractivity contribution in [1.82, 2.24) is 19.9 Å². The summed E-state index contributed by atoms with van der Waals surface area (Å²) in [5, 5.41) is 3.28. The van der Waals surface area contributed by atoms with E-state index in [0.29, 0.717) is 11.5 Å². The maximum absolute atomic E-state index is 5.71. The lowest BCUT2D eigenvalue weighted by Gasteiger charge is -2.18. The number of hydrogen-bond acceptors (Lipinski definition) is 6. The normalized spacial score (nSPS) is 10.7. The third-order valence-electron chi connectivity index (χ3n) is 2.94. The predicted octanol–water partition coefficient (Wildman–Crippen LogP) is 1.74. The van der Waals surface area contributed by atoms with Crippen molar-refractivity contribution in [3.05, 3.63) is 30.6 Å². The summed E-state index contributed by atoms with van der Waals surface area (Å²) in [6, 6.07) is 7.96. The number of nitrogens with two attached hydrogens (primary N) is 1. The fraction of sp³-hybridized carbons (Fsp3) is 0.154. The molecule has 0 amide bonds. The van der Waals surface area contributed by atoms with Gasteiger partial charge in [-0.3, -0.25) is 0 Å². The Bertz CT molecular complexity index is 747. The molecule has 7 nitrogen and oxygen atoms in total. The van der Waals surface area contributed by atoms with E-state index in [-0.39, 0.29) is 5.95 Å². The van der Waals surface area contributed by atoms with Crippen LogP contribution in [-0.2, 0) is 0 Å². The first-order valence-electron chi connectivity index (χ1n) is 6.15. The molecule has 2 heterocycles. The lowest BCUT2D eigenvalue weighted by atomic mass is 10.2. The molecule has 0 radical (unpaired) electrons. The summed E-state index contributed by atoms with van der Waals surface area (Å²) in [6.45, 7) is 0. The van der Waals surface area contributed by atoms with Gasteiger partial charge in [0.25, 0.3) is 0 Å². The number of anilines is 4. The molecule has 0 atom stereocenters. The fourth-order valence-corrected chi connectivity index (χ4v) is 2.04. The summed E-state index contributed by atoms with van der Waals surface area (Å²) >= 11 is 0. The van der Waals surface area contributed by atoms with E-state index in [2.05, 4.69) is 25.3 Å². The van der Waals surface area contributed by atoms with Gasteiger partial charge >= 0.3 is 0 Å². The van der Waals surface area contributed by atoms with Crippen molar-refractivity contribution in [3.63, 3.8) is 0 Å². The van der Waals surface area contributed by atoms with Crippen molar-refractivity contribution in [2.75, 3.05) is 30.0 Å². The molecule has 2 aromatic heterocycles. The summed E-state index contributed by atoms with van der Waals surface area (Å²) in [7, 11) is 3.97. The number of aromatic nitrogens is 4. The van der Waals surface area contributed by atoms with Crippen molar-refractivity contribution in [3.8, 4) is 0 Å². The van der Waals surface area contributed by atoms with Crippen LogP contribution < -0.4 is 16.0 Å². The smallest absolute Gasteiger partial charge is 0.224 e. The Morgan fingerprint density at radius 3 is 2.80 bits per heavy atom. The quantitative estimate of drug-likeness (QED) is 0.670. The monoisotopic (exact) mass is 269 g/mol. The van der Waals surface area contributed by atoms with Gasteiger partial charge in [-0.2, -0.15) is 9.97 Å². The van der Waals surface area contributed by atoms with Crippen LogP contribution in [0.4, 0.5) is 23.1 Å². The number of nitrogen functional groups attached to an aromatic ring is 1. The molecule has 0 spiro atoms. The number of rotatable bonds is 3. The number of nitrogens with one attached hydrogen (secondary N) is 2. The average Bonchev–Trinajstić information content (AvgIpc) is 2.87. The minimum absolute atomic E-state index is 0.189. The number of aromatic amines is 1. The molecule has 3 rings (SSSR count). The summed E-state index contributed by atoms with van der Waals surface area (Å²) in [5.41, 5.74) is 8.97. The number of benzene rings is 1. The Hall–Kier alpha value is -2.83. The van der Waals surface area contributed by atoms with Gasteiger partial charge in [-0.25, -0.2) is 4.98 Å². The first-order valence-corrected chi connectivity index (χ1v) is 6.15. The maximum atomic E-state index is 5.71. The first kappa shape index (κ1) is 12.2. The molecule has 1 aromatic carbocycles. The second-order valence-corrected chi connectivity index (χ2v) is 4.57. The van der Waals surface area contributed by atoms with E-state index < -0.39 is 0 Å². The molecule has 0 aliphatic heterocycles. The molecule has 0 saturated carbocycles. The van der Waals surface area contributed by atoms with E-state index in [4.69, 9.17) is 5.73 Å². The molecule has 20 heavy (non-hydrogen) atoms. The maximum Gasteiger partial charge on any atom is 0.224 e. The highest BCUT2D eigenvalue weighted by atomic mass is 15.2. The number of para-hydroxylation sites is 2. The van der Waals surface area contributed by atoms with Gasteiger partial charge in [-0.05, 0) is 12.1 Å². The van der Waals surface area contributed by atoms with Crippen LogP contribution in [0.3, 0.4) is 0 Å². The van der Waals surface area contributed by atoms with E-state index >= 15 is 0 Å². The molecule has 0 aliphatic carbocycles. The molecule has 7 heteroatoms. The molecular formula is C13H15N7. The van der Waals surface area contributed by atoms with E-state index in [1.54, 1.807) is 6.33 Å². The van der Waals surface area contributed by atoms with Crippen LogP contribution in [0.2, 0.25) is 0 Å². The zero-order chi connectivity index (χ0) is 14.1. The number of nitrogens with zero attached hydrogens (tertiary/aromatic N) is 4. The highest BCUT2D eigenvalue weighted by Crippen LogP contribution is 2.28. The van der Waals surface area contributed by atoms with Gasteiger partial charge in [0.05, 0.1) is 17.7 Å². The summed E-state index contributed by atoms with van der Waals surface area (Å²) < 4.78 is 0. The molecule has 3 aromatic rings. The fourth-order valence-electron chi connectivity index (χ4n) is 2.04. The van der Waals surface area contributed by atoms with Gasteiger partial charge in [0.2, 0.25) is 5.95 Å². The number of fused-ring (bicyclic) bond motifs is 1. The van der Waals surface area contributed by atoms with Gasteiger partial charge in [0, 0.05) is 14.1 Å². The molecule has 0 aliphatic rings. The second-order valence-electron chi connectivity index (χ2n) is 4.57. The minimum Gasteiger partial charge on any atom is -0.376 e. The largest absolute Gasteiger partial charge is 0.376 e. The van der Waals surface area contributed by atoms with Crippen LogP contribution in [-0.4, -0.2) is 34.0 Å². The SMILES string of the molecule is CN(C)c1ccccc1Nc1nc(N)nc2nc[nH]c12. The van der Waals surface area contributed by atoms with Crippen molar-refractivity contribution in [2.45, 2.75) is 0 Å². The Kier molecular flexibility index (Phi) is 2.86. The van der Waals surface area contributed by atoms with Crippen LogP contribution in [0.1, 0.15) is 0 Å². The van der Waals surface area contributed by atoms with Crippen molar-refractivity contribution in [1.29, 1.82) is 0 Å². The highest BCUT2D eigenvalue weighted by Gasteiger charge is 2.11. The van der Waals surface area contributed by atoms with Crippen molar-refractivity contribution in [2.24, 2.45) is 0 Å². The lowest BCUT2D eigenvalue weighted by molar-refractivity contribution is 1.13. The van der Waals surface area contributed by atoms with Gasteiger partial charge in [0.1, 0.15) is 5.52 Å². The molecule has 0 unspecified atom stereocenters. The third-order valence-corrected chi connectivity index (χ3v) is 2.94. The van der Waals surface area contributed by atoms with Crippen molar-refractivity contribution >= 4 is 34.3 Å². The van der Waals surface area contributed by atoms with Gasteiger partial charge < -0.3 is 20.9 Å². The van der Waals surface area contributed by atoms with E-state index in [1.165, 1.54) is 0 Å². The highest BCUT2D eigenvalue weighted by molar-refractivity contribution is 5.88. The zero-order valence-corrected chi connectivity index (χ0v) is 11.3. The Morgan fingerprint density at radius 2 is 2.00 bits per heavy atom. The van der Waals surface area contributed by atoms with Gasteiger partial charge in [0.15, 0.2) is 11.5 Å². The average molecular weight is 269 g/mol. The van der Waals surface area contributed by atoms with Crippen LogP contribution in [0.15, 0.2) is 30.6 Å². The first-order chi connectivity index (χ1) is 9.65. The van der Waals surface area contributed by atoms with Gasteiger partial charge in [-0.1, -0.05) is 12.1 Å². The third kappa shape index (κ3) is 2.09. The molecular weight excluding hydrogens is 254 g/mol. The van der Waals surface area contributed by atoms with Crippen LogP contribution >= 0.6 is 0 Å². The lowest BCUT2D eigenvalue weighted by Crippen LogP contribution is -2.11. The van der Waals surface area contributed by atoms with E-state index in [0.717, 1.165) is 16.9 Å². The van der Waals surface area contributed by atoms with Crippen LogP contribution in [0.25, 0.3) is 11.2 Å². The van der Waals surface area contributed by atoms with Crippen molar-refractivity contribution < 1.29 is 0 Å².